The van der Waals surface area contributed by atoms with Crippen molar-refractivity contribution in [3.63, 3.8) is 0 Å². The zero-order valence-corrected chi connectivity index (χ0v) is 8.40. The lowest BCUT2D eigenvalue weighted by Gasteiger charge is -2.02. The number of carbonyl (C=O) groups excluding carboxylic acids is 1. The summed E-state index contributed by atoms with van der Waals surface area (Å²) in [6.07, 6.45) is 1.70. The summed E-state index contributed by atoms with van der Waals surface area (Å²) in [6.45, 7) is 0.226. The average Bonchev–Trinajstić information content (AvgIpc) is 2.60. The summed E-state index contributed by atoms with van der Waals surface area (Å²) in [5.74, 6) is -0.0724. The summed E-state index contributed by atoms with van der Waals surface area (Å²) >= 11 is 0. The molecular weight excluding hydrogens is 192 g/mol. The second kappa shape index (κ2) is 3.61. The highest BCUT2D eigenvalue weighted by molar-refractivity contribution is 5.84. The molecule has 0 spiro atoms. The largest absolute Gasteiger partial charge is 0.399 e. The van der Waals surface area contributed by atoms with Gasteiger partial charge in [-0.1, -0.05) is 0 Å². The van der Waals surface area contributed by atoms with E-state index >= 15 is 0 Å². The van der Waals surface area contributed by atoms with Gasteiger partial charge in [0, 0.05) is 18.1 Å². The van der Waals surface area contributed by atoms with Gasteiger partial charge in [-0.05, 0) is 18.2 Å². The van der Waals surface area contributed by atoms with Crippen LogP contribution in [0.4, 0.5) is 5.69 Å². The standard InChI is InChI=1S/C10H12N4O/c1-12-10(15)6-14-9-3-2-8(11)4-7(9)5-13-14/h2-5H,6,11H2,1H3,(H,12,15). The van der Waals surface area contributed by atoms with Crippen LogP contribution in [0.25, 0.3) is 10.9 Å². The van der Waals surface area contributed by atoms with E-state index in [1.54, 1.807) is 24.0 Å². The molecule has 5 nitrogen and oxygen atoms in total. The van der Waals surface area contributed by atoms with E-state index in [-0.39, 0.29) is 12.5 Å². The normalized spacial score (nSPS) is 10.5. The first-order valence-corrected chi connectivity index (χ1v) is 4.62. The van der Waals surface area contributed by atoms with Crippen molar-refractivity contribution in [1.29, 1.82) is 0 Å². The molecule has 1 amide bonds. The molecule has 0 radical (unpaired) electrons. The third-order valence-corrected chi connectivity index (χ3v) is 2.24. The average molecular weight is 204 g/mol. The van der Waals surface area contributed by atoms with Gasteiger partial charge in [0.1, 0.15) is 6.54 Å². The van der Waals surface area contributed by atoms with Gasteiger partial charge in [0.25, 0.3) is 0 Å². The van der Waals surface area contributed by atoms with Gasteiger partial charge in [-0.15, -0.1) is 0 Å². The van der Waals surface area contributed by atoms with Crippen molar-refractivity contribution < 1.29 is 4.79 Å². The van der Waals surface area contributed by atoms with Gasteiger partial charge >= 0.3 is 0 Å². The van der Waals surface area contributed by atoms with Crippen molar-refractivity contribution in [2.24, 2.45) is 0 Å². The number of anilines is 1. The lowest BCUT2D eigenvalue weighted by atomic mass is 10.2. The minimum absolute atomic E-state index is 0.0724. The predicted molar refractivity (Wildman–Crippen MR) is 58.2 cm³/mol. The van der Waals surface area contributed by atoms with Crippen LogP contribution < -0.4 is 11.1 Å². The summed E-state index contributed by atoms with van der Waals surface area (Å²) < 4.78 is 1.65. The number of rotatable bonds is 2. The molecular formula is C10H12N4O. The lowest BCUT2D eigenvalue weighted by Crippen LogP contribution is -2.23. The first kappa shape index (κ1) is 9.51. The fourth-order valence-corrected chi connectivity index (χ4v) is 1.45. The second-order valence-electron chi connectivity index (χ2n) is 3.29. The SMILES string of the molecule is CNC(=O)Cn1ncc2cc(N)ccc21. The van der Waals surface area contributed by atoms with Gasteiger partial charge in [0.2, 0.25) is 5.91 Å². The van der Waals surface area contributed by atoms with Crippen molar-refractivity contribution >= 4 is 22.5 Å². The maximum atomic E-state index is 11.2. The van der Waals surface area contributed by atoms with Gasteiger partial charge in [-0.3, -0.25) is 9.48 Å². The van der Waals surface area contributed by atoms with Crippen LogP contribution >= 0.6 is 0 Å². The Morgan fingerprint density at radius 1 is 1.60 bits per heavy atom. The van der Waals surface area contributed by atoms with Crippen molar-refractivity contribution in [3.8, 4) is 0 Å². The van der Waals surface area contributed by atoms with Crippen LogP contribution in [0.15, 0.2) is 24.4 Å². The van der Waals surface area contributed by atoms with E-state index in [9.17, 15) is 4.79 Å². The van der Waals surface area contributed by atoms with Crippen LogP contribution in [0, 0.1) is 0 Å². The molecule has 1 aromatic carbocycles. The number of hydrogen-bond donors (Lipinski definition) is 2. The zero-order valence-electron chi connectivity index (χ0n) is 8.40. The molecule has 0 saturated carbocycles. The number of carbonyl (C=O) groups is 1. The Hall–Kier alpha value is -2.04. The molecule has 0 aliphatic carbocycles. The highest BCUT2D eigenvalue weighted by Gasteiger charge is 2.05. The number of fused-ring (bicyclic) bond motifs is 1. The minimum Gasteiger partial charge on any atom is -0.399 e. The number of nitrogens with one attached hydrogen (secondary N) is 1. The van der Waals surface area contributed by atoms with Crippen molar-refractivity contribution in [3.05, 3.63) is 24.4 Å². The molecule has 1 heterocycles. The number of nitrogen functional groups attached to an aromatic ring is 1. The predicted octanol–water partition coefficient (Wildman–Crippen LogP) is 0.364. The lowest BCUT2D eigenvalue weighted by molar-refractivity contribution is -0.121. The minimum atomic E-state index is -0.0724. The van der Waals surface area contributed by atoms with Crippen molar-refractivity contribution in [2.45, 2.75) is 6.54 Å². The Labute approximate surface area is 86.9 Å². The molecule has 0 unspecified atom stereocenters. The molecule has 0 saturated heterocycles. The van der Waals surface area contributed by atoms with Crippen LogP contribution in [0.2, 0.25) is 0 Å². The zero-order chi connectivity index (χ0) is 10.8. The molecule has 15 heavy (non-hydrogen) atoms. The van der Waals surface area contributed by atoms with Crippen LogP contribution in [0.5, 0.6) is 0 Å². The number of aromatic nitrogens is 2. The molecule has 78 valence electrons. The molecule has 0 aliphatic rings. The number of benzene rings is 1. The fourth-order valence-electron chi connectivity index (χ4n) is 1.45. The fraction of sp³-hybridized carbons (Fsp3) is 0.200. The molecule has 1 aromatic heterocycles. The number of amides is 1. The molecule has 5 heteroatoms. The number of hydrogen-bond acceptors (Lipinski definition) is 3. The van der Waals surface area contributed by atoms with Crippen LogP contribution in [0.3, 0.4) is 0 Å². The molecule has 2 aromatic rings. The maximum Gasteiger partial charge on any atom is 0.241 e. The summed E-state index contributed by atoms with van der Waals surface area (Å²) in [5.41, 5.74) is 7.25. The van der Waals surface area contributed by atoms with Crippen molar-refractivity contribution in [1.82, 2.24) is 15.1 Å². The second-order valence-corrected chi connectivity index (χ2v) is 3.29. The summed E-state index contributed by atoms with van der Waals surface area (Å²) in [6, 6.07) is 5.49. The van der Waals surface area contributed by atoms with E-state index < -0.39 is 0 Å². The molecule has 0 fully saturated rings. The molecule has 0 aliphatic heterocycles. The smallest absolute Gasteiger partial charge is 0.241 e. The van der Waals surface area contributed by atoms with E-state index in [1.807, 2.05) is 12.1 Å². The number of likely N-dealkylation sites (N-methyl/N-ethyl adjacent to an activating group) is 1. The number of nitrogens with zero attached hydrogens (tertiary/aromatic N) is 2. The van der Waals surface area contributed by atoms with Gasteiger partial charge in [-0.25, -0.2) is 0 Å². The maximum absolute atomic E-state index is 11.2. The highest BCUT2D eigenvalue weighted by Crippen LogP contribution is 2.16. The Bertz CT molecular complexity index is 503. The Balaban J connectivity index is 2.41. The van der Waals surface area contributed by atoms with E-state index in [0.717, 1.165) is 10.9 Å². The van der Waals surface area contributed by atoms with Crippen molar-refractivity contribution in [2.75, 3.05) is 12.8 Å². The molecule has 0 atom stereocenters. The molecule has 0 bridgehead atoms. The third kappa shape index (κ3) is 1.76. The first-order valence-electron chi connectivity index (χ1n) is 4.62. The summed E-state index contributed by atoms with van der Waals surface area (Å²) in [4.78, 5) is 11.2. The number of nitrogens with two attached hydrogens (primary N) is 1. The third-order valence-electron chi connectivity index (χ3n) is 2.24. The topological polar surface area (TPSA) is 72.9 Å². The van der Waals surface area contributed by atoms with Gasteiger partial charge in [-0.2, -0.15) is 5.10 Å². The van der Waals surface area contributed by atoms with Gasteiger partial charge in [0.05, 0.1) is 11.7 Å². The van der Waals surface area contributed by atoms with Gasteiger partial charge < -0.3 is 11.1 Å². The quantitative estimate of drug-likeness (QED) is 0.694. The Morgan fingerprint density at radius 3 is 3.13 bits per heavy atom. The van der Waals surface area contributed by atoms with Crippen LogP contribution in [0.1, 0.15) is 0 Å². The molecule has 3 N–H and O–H groups in total. The van der Waals surface area contributed by atoms with E-state index in [0.29, 0.717) is 5.69 Å². The van der Waals surface area contributed by atoms with E-state index in [1.165, 1.54) is 0 Å². The summed E-state index contributed by atoms with van der Waals surface area (Å²) in [5, 5.41) is 7.62. The monoisotopic (exact) mass is 204 g/mol. The summed E-state index contributed by atoms with van der Waals surface area (Å²) in [7, 11) is 1.60. The Morgan fingerprint density at radius 2 is 2.40 bits per heavy atom. The Kier molecular flexibility index (Phi) is 2.29. The van der Waals surface area contributed by atoms with E-state index in [2.05, 4.69) is 10.4 Å². The first-order chi connectivity index (χ1) is 7.20. The highest BCUT2D eigenvalue weighted by atomic mass is 16.1. The van der Waals surface area contributed by atoms with Gasteiger partial charge in [0.15, 0.2) is 0 Å². The van der Waals surface area contributed by atoms with Crippen LogP contribution in [-0.2, 0) is 11.3 Å². The van der Waals surface area contributed by atoms with Crippen LogP contribution in [-0.4, -0.2) is 22.7 Å². The van der Waals surface area contributed by atoms with E-state index in [4.69, 9.17) is 5.73 Å². The molecule has 2 rings (SSSR count).